The van der Waals surface area contributed by atoms with Crippen LogP contribution >= 0.6 is 11.6 Å². The Bertz CT molecular complexity index is 561. The molecule has 1 atom stereocenters. The van der Waals surface area contributed by atoms with Crippen molar-refractivity contribution in [3.63, 3.8) is 0 Å². The first-order valence-corrected chi connectivity index (χ1v) is 6.79. The number of aryl methyl sites for hydroxylation is 1. The number of nitrogens with zero attached hydrogens (tertiary/aromatic N) is 1. The number of carbonyl (C=O) groups excluding carboxylic acids is 2. The summed E-state index contributed by atoms with van der Waals surface area (Å²) in [6, 6.07) is 5.07. The van der Waals surface area contributed by atoms with Gasteiger partial charge in [0.1, 0.15) is 0 Å². The van der Waals surface area contributed by atoms with E-state index in [9.17, 15) is 14.7 Å². The zero-order valence-electron chi connectivity index (χ0n) is 11.2. The molecule has 0 spiro atoms. The molecular formula is C14H17ClN2O3. The first-order valence-electron chi connectivity index (χ1n) is 6.41. The number of carbonyl (C=O) groups is 2. The number of primary amides is 1. The zero-order chi connectivity index (χ0) is 14.9. The molecule has 1 saturated heterocycles. The number of benzene rings is 1. The summed E-state index contributed by atoms with van der Waals surface area (Å²) in [5, 5.41) is 10.6. The normalized spacial score (nSPS) is 22.6. The Kier molecular flexibility index (Phi) is 4.01. The number of aliphatic hydroxyl groups is 1. The van der Waals surface area contributed by atoms with Gasteiger partial charge in [-0.1, -0.05) is 17.7 Å². The van der Waals surface area contributed by atoms with E-state index in [0.717, 1.165) is 5.56 Å². The summed E-state index contributed by atoms with van der Waals surface area (Å²) in [5.74, 6) is -1.04. The Balaban J connectivity index is 2.25. The summed E-state index contributed by atoms with van der Waals surface area (Å²) < 4.78 is 0. The molecule has 0 aliphatic carbocycles. The number of hydrogen-bond acceptors (Lipinski definition) is 3. The summed E-state index contributed by atoms with van der Waals surface area (Å²) in [6.45, 7) is 2.22. The van der Waals surface area contributed by atoms with Crippen LogP contribution in [0, 0.1) is 6.92 Å². The van der Waals surface area contributed by atoms with Gasteiger partial charge in [0.2, 0.25) is 0 Å². The van der Waals surface area contributed by atoms with E-state index in [1.807, 2.05) is 6.92 Å². The summed E-state index contributed by atoms with van der Waals surface area (Å²) in [6.07, 6.45) is 0.811. The minimum Gasteiger partial charge on any atom is -0.378 e. The lowest BCUT2D eigenvalue weighted by Gasteiger charge is -2.37. The van der Waals surface area contributed by atoms with Crippen molar-refractivity contribution in [2.45, 2.75) is 25.4 Å². The van der Waals surface area contributed by atoms with Crippen molar-refractivity contribution in [3.8, 4) is 0 Å². The second-order valence-electron chi connectivity index (χ2n) is 5.19. The van der Waals surface area contributed by atoms with Crippen molar-refractivity contribution in [1.82, 2.24) is 4.90 Å². The molecule has 108 valence electrons. The standard InChI is InChI=1S/C14H17ClN2O3/c1-9-3-4-10(15)7-11(9)12(18)17-6-2-5-14(20,8-17)13(16)19/h3-4,7,20H,2,5-6,8H2,1H3,(H2,16,19)/t14-/m0/s1. The van der Waals surface area contributed by atoms with Gasteiger partial charge in [-0.05, 0) is 37.5 Å². The fourth-order valence-electron chi connectivity index (χ4n) is 2.41. The fraction of sp³-hybridized carbons (Fsp3) is 0.429. The van der Waals surface area contributed by atoms with Gasteiger partial charge in [0.15, 0.2) is 5.60 Å². The molecule has 2 amide bonds. The van der Waals surface area contributed by atoms with E-state index in [-0.39, 0.29) is 18.9 Å². The van der Waals surface area contributed by atoms with Gasteiger partial charge in [0, 0.05) is 17.1 Å². The van der Waals surface area contributed by atoms with Crippen LogP contribution in [-0.2, 0) is 4.79 Å². The van der Waals surface area contributed by atoms with E-state index >= 15 is 0 Å². The molecule has 0 saturated carbocycles. The average Bonchev–Trinajstić information content (AvgIpc) is 2.40. The highest BCUT2D eigenvalue weighted by atomic mass is 35.5. The summed E-state index contributed by atoms with van der Waals surface area (Å²) in [7, 11) is 0. The van der Waals surface area contributed by atoms with Gasteiger partial charge in [0.05, 0.1) is 6.54 Å². The van der Waals surface area contributed by atoms with E-state index in [1.54, 1.807) is 18.2 Å². The van der Waals surface area contributed by atoms with Crippen molar-refractivity contribution in [2.24, 2.45) is 5.73 Å². The molecule has 0 unspecified atom stereocenters. The molecule has 0 radical (unpaired) electrons. The number of halogens is 1. The number of nitrogens with two attached hydrogens (primary N) is 1. The molecule has 3 N–H and O–H groups in total. The fourth-order valence-corrected chi connectivity index (χ4v) is 2.58. The molecule has 1 heterocycles. The number of β-amino-alcohol motifs (C(OH)–C–C–N with tert-alkyl or cyclic N) is 1. The van der Waals surface area contributed by atoms with Crippen LogP contribution in [-0.4, -0.2) is 40.5 Å². The van der Waals surface area contributed by atoms with Crippen molar-refractivity contribution in [2.75, 3.05) is 13.1 Å². The topological polar surface area (TPSA) is 83.6 Å². The Morgan fingerprint density at radius 1 is 1.45 bits per heavy atom. The number of rotatable bonds is 2. The third-order valence-corrected chi connectivity index (χ3v) is 3.88. The smallest absolute Gasteiger partial charge is 0.254 e. The molecule has 5 nitrogen and oxygen atoms in total. The molecule has 1 aromatic rings. The first-order chi connectivity index (χ1) is 9.33. The summed E-state index contributed by atoms with van der Waals surface area (Å²) in [4.78, 5) is 25.3. The largest absolute Gasteiger partial charge is 0.378 e. The number of amides is 2. The van der Waals surface area contributed by atoms with Crippen LogP contribution in [0.1, 0.15) is 28.8 Å². The Hall–Kier alpha value is -1.59. The van der Waals surface area contributed by atoms with Gasteiger partial charge in [-0.15, -0.1) is 0 Å². The average molecular weight is 297 g/mol. The first kappa shape index (κ1) is 14.8. The van der Waals surface area contributed by atoms with Crippen molar-refractivity contribution < 1.29 is 14.7 Å². The van der Waals surface area contributed by atoms with Crippen LogP contribution in [0.3, 0.4) is 0 Å². The molecular weight excluding hydrogens is 280 g/mol. The maximum absolute atomic E-state index is 12.5. The monoisotopic (exact) mass is 296 g/mol. The van der Waals surface area contributed by atoms with Crippen LogP contribution in [0.4, 0.5) is 0 Å². The second-order valence-corrected chi connectivity index (χ2v) is 5.62. The maximum Gasteiger partial charge on any atom is 0.254 e. The van der Waals surface area contributed by atoms with Crippen molar-refractivity contribution >= 4 is 23.4 Å². The van der Waals surface area contributed by atoms with Crippen molar-refractivity contribution in [1.29, 1.82) is 0 Å². The van der Waals surface area contributed by atoms with E-state index in [2.05, 4.69) is 0 Å². The van der Waals surface area contributed by atoms with E-state index in [4.69, 9.17) is 17.3 Å². The van der Waals surface area contributed by atoms with Crippen LogP contribution in [0.15, 0.2) is 18.2 Å². The highest BCUT2D eigenvalue weighted by molar-refractivity contribution is 6.31. The van der Waals surface area contributed by atoms with Gasteiger partial charge >= 0.3 is 0 Å². The minimum atomic E-state index is -1.64. The molecule has 2 rings (SSSR count). The van der Waals surface area contributed by atoms with Gasteiger partial charge in [0.25, 0.3) is 11.8 Å². The van der Waals surface area contributed by atoms with Crippen LogP contribution in [0.2, 0.25) is 5.02 Å². The SMILES string of the molecule is Cc1ccc(Cl)cc1C(=O)N1CCC[C@@](O)(C(N)=O)C1. The Morgan fingerprint density at radius 2 is 2.15 bits per heavy atom. The number of hydrogen-bond donors (Lipinski definition) is 2. The molecule has 1 aliphatic heterocycles. The quantitative estimate of drug-likeness (QED) is 0.857. The lowest BCUT2D eigenvalue weighted by Crippen LogP contribution is -2.57. The third-order valence-electron chi connectivity index (χ3n) is 3.65. The number of piperidine rings is 1. The van der Waals surface area contributed by atoms with Gasteiger partial charge in [-0.2, -0.15) is 0 Å². The molecule has 0 bridgehead atoms. The van der Waals surface area contributed by atoms with Crippen LogP contribution in [0.5, 0.6) is 0 Å². The van der Waals surface area contributed by atoms with Crippen molar-refractivity contribution in [3.05, 3.63) is 34.3 Å². The van der Waals surface area contributed by atoms with Gasteiger partial charge in [-0.25, -0.2) is 0 Å². The highest BCUT2D eigenvalue weighted by Gasteiger charge is 2.40. The molecule has 20 heavy (non-hydrogen) atoms. The highest BCUT2D eigenvalue weighted by Crippen LogP contribution is 2.24. The number of likely N-dealkylation sites (tertiary alicyclic amines) is 1. The third kappa shape index (κ3) is 2.78. The van der Waals surface area contributed by atoms with Crippen LogP contribution < -0.4 is 5.73 Å². The molecule has 0 aromatic heterocycles. The lowest BCUT2D eigenvalue weighted by atomic mass is 9.91. The molecule has 6 heteroatoms. The summed E-state index contributed by atoms with van der Waals surface area (Å²) in [5.41, 5.74) is 4.85. The van der Waals surface area contributed by atoms with E-state index in [1.165, 1.54) is 4.90 Å². The predicted octanol–water partition coefficient (Wildman–Crippen LogP) is 1.10. The van der Waals surface area contributed by atoms with Crippen LogP contribution in [0.25, 0.3) is 0 Å². The Labute approximate surface area is 122 Å². The van der Waals surface area contributed by atoms with E-state index < -0.39 is 11.5 Å². The second kappa shape index (κ2) is 5.42. The van der Waals surface area contributed by atoms with E-state index in [0.29, 0.717) is 23.6 Å². The minimum absolute atomic E-state index is 0.0763. The van der Waals surface area contributed by atoms with Gasteiger partial charge in [-0.3, -0.25) is 9.59 Å². The summed E-state index contributed by atoms with van der Waals surface area (Å²) >= 11 is 5.91. The molecule has 1 aromatic carbocycles. The maximum atomic E-state index is 12.5. The zero-order valence-corrected chi connectivity index (χ0v) is 12.0. The molecule has 1 fully saturated rings. The lowest BCUT2D eigenvalue weighted by molar-refractivity contribution is -0.140. The Morgan fingerprint density at radius 3 is 2.80 bits per heavy atom. The van der Waals surface area contributed by atoms with Gasteiger partial charge < -0.3 is 15.7 Å². The molecule has 1 aliphatic rings. The predicted molar refractivity (Wildman–Crippen MR) is 75.5 cm³/mol.